The molecule has 4 heteroatoms. The van der Waals surface area contributed by atoms with E-state index in [1.165, 1.54) is 78.9 Å². The number of aromatic nitrogens is 1. The molecule has 9 aromatic carbocycles. The minimum absolute atomic E-state index is 1.12. The van der Waals surface area contributed by atoms with Crippen molar-refractivity contribution in [3.63, 3.8) is 0 Å². The van der Waals surface area contributed by atoms with Crippen LogP contribution in [0.5, 0.6) is 0 Å². The summed E-state index contributed by atoms with van der Waals surface area (Å²) < 4.78 is 7.70. The monoisotopic (exact) mass is 774 g/mol. The maximum absolute atomic E-state index is 2.51. The fourth-order valence-corrected chi connectivity index (χ4v) is 11.2. The first kappa shape index (κ1) is 33.2. The Balaban J connectivity index is 1.22. The lowest BCUT2D eigenvalue weighted by atomic mass is 9.95. The summed E-state index contributed by atoms with van der Waals surface area (Å²) >= 11 is 3.73. The Morgan fingerprint density at radius 1 is 0.328 bits per heavy atom. The zero-order chi connectivity index (χ0) is 38.2. The van der Waals surface area contributed by atoms with E-state index in [1.807, 2.05) is 22.7 Å². The van der Waals surface area contributed by atoms with Gasteiger partial charge in [-0.25, -0.2) is 0 Å². The molecule has 2 nitrogen and oxygen atoms in total. The first-order valence-electron chi connectivity index (χ1n) is 19.7. The molecule has 0 saturated carbocycles. The van der Waals surface area contributed by atoms with Gasteiger partial charge in [0, 0.05) is 73.7 Å². The Kier molecular flexibility index (Phi) is 7.62. The van der Waals surface area contributed by atoms with Crippen molar-refractivity contribution in [2.45, 2.75) is 0 Å². The molecule has 272 valence electrons. The Labute approximate surface area is 343 Å². The van der Waals surface area contributed by atoms with Gasteiger partial charge in [-0.15, -0.1) is 22.7 Å². The van der Waals surface area contributed by atoms with Crippen LogP contribution in [0.15, 0.2) is 206 Å². The van der Waals surface area contributed by atoms with Gasteiger partial charge >= 0.3 is 0 Å². The van der Waals surface area contributed by atoms with Gasteiger partial charge in [-0.1, -0.05) is 133 Å². The van der Waals surface area contributed by atoms with Crippen molar-refractivity contribution in [2.75, 3.05) is 4.90 Å². The van der Waals surface area contributed by atoms with Crippen molar-refractivity contribution >= 4 is 102 Å². The van der Waals surface area contributed by atoms with Gasteiger partial charge in [0.15, 0.2) is 0 Å². The molecule has 3 aromatic heterocycles. The van der Waals surface area contributed by atoms with Crippen LogP contribution < -0.4 is 4.90 Å². The lowest BCUT2D eigenvalue weighted by Gasteiger charge is -2.27. The van der Waals surface area contributed by atoms with E-state index in [2.05, 4.69) is 216 Å². The topological polar surface area (TPSA) is 8.17 Å². The molecule has 0 fully saturated rings. The first-order valence-corrected chi connectivity index (χ1v) is 21.3. The third-order valence-electron chi connectivity index (χ3n) is 11.5. The van der Waals surface area contributed by atoms with Crippen LogP contribution in [0.1, 0.15) is 0 Å². The van der Waals surface area contributed by atoms with Crippen molar-refractivity contribution < 1.29 is 0 Å². The van der Waals surface area contributed by atoms with Gasteiger partial charge in [-0.3, -0.25) is 0 Å². The van der Waals surface area contributed by atoms with Crippen molar-refractivity contribution in [1.82, 2.24) is 4.57 Å². The van der Waals surface area contributed by atoms with Gasteiger partial charge in [0.25, 0.3) is 0 Å². The van der Waals surface area contributed by atoms with E-state index < -0.39 is 0 Å². The average Bonchev–Trinajstić information content (AvgIpc) is 3.97. The average molecular weight is 775 g/mol. The third kappa shape index (κ3) is 5.23. The number of hydrogen-bond acceptors (Lipinski definition) is 3. The smallest absolute Gasteiger partial charge is 0.0782 e. The summed E-state index contributed by atoms with van der Waals surface area (Å²) in [6.07, 6.45) is 0. The van der Waals surface area contributed by atoms with Crippen molar-refractivity contribution in [3.05, 3.63) is 206 Å². The molecule has 0 atom stereocenters. The highest BCUT2D eigenvalue weighted by Crippen LogP contribution is 2.49. The molecule has 12 rings (SSSR count). The van der Waals surface area contributed by atoms with E-state index in [-0.39, 0.29) is 0 Å². The summed E-state index contributed by atoms with van der Waals surface area (Å²) in [6.45, 7) is 0. The van der Waals surface area contributed by atoms with Gasteiger partial charge < -0.3 is 9.47 Å². The predicted octanol–water partition coefficient (Wildman–Crippen LogP) is 16.3. The second-order valence-electron chi connectivity index (χ2n) is 14.9. The van der Waals surface area contributed by atoms with Crippen LogP contribution >= 0.6 is 22.7 Å². The minimum Gasteiger partial charge on any atom is -0.308 e. The Bertz CT molecular complexity index is 3500. The number of hydrogen-bond donors (Lipinski definition) is 0. The fourth-order valence-electron chi connectivity index (χ4n) is 8.96. The molecule has 3 heterocycles. The zero-order valence-corrected chi connectivity index (χ0v) is 33.0. The molecule has 0 unspecified atom stereocenters. The Hall–Kier alpha value is -6.98. The van der Waals surface area contributed by atoms with Crippen LogP contribution in [0, 0.1) is 0 Å². The minimum atomic E-state index is 1.12. The third-order valence-corrected chi connectivity index (χ3v) is 13.8. The summed E-state index contributed by atoms with van der Waals surface area (Å²) in [5.41, 5.74) is 11.7. The van der Waals surface area contributed by atoms with Crippen molar-refractivity contribution in [2.24, 2.45) is 0 Å². The zero-order valence-electron chi connectivity index (χ0n) is 31.3. The fraction of sp³-hybridized carbons (Fsp3) is 0. The number of fused-ring (bicyclic) bond motifs is 9. The molecule has 0 aliphatic rings. The summed E-state index contributed by atoms with van der Waals surface area (Å²) in [6, 6.07) is 75.8. The molecule has 0 aliphatic heterocycles. The van der Waals surface area contributed by atoms with Gasteiger partial charge in [0.05, 0.1) is 16.7 Å². The summed E-state index contributed by atoms with van der Waals surface area (Å²) in [7, 11) is 0. The summed E-state index contributed by atoms with van der Waals surface area (Å²) in [4.78, 5) is 2.50. The Morgan fingerprint density at radius 2 is 0.897 bits per heavy atom. The molecular formula is C54H34N2S2. The Morgan fingerprint density at radius 3 is 1.66 bits per heavy atom. The number of benzene rings is 9. The second kappa shape index (κ2) is 13.3. The van der Waals surface area contributed by atoms with Gasteiger partial charge in [0.2, 0.25) is 0 Å². The van der Waals surface area contributed by atoms with E-state index >= 15 is 0 Å². The van der Waals surface area contributed by atoms with E-state index in [9.17, 15) is 0 Å². The van der Waals surface area contributed by atoms with E-state index in [4.69, 9.17) is 0 Å². The highest BCUT2D eigenvalue weighted by atomic mass is 32.1. The van der Waals surface area contributed by atoms with Crippen LogP contribution in [0.25, 0.3) is 90.1 Å². The number of anilines is 3. The highest BCUT2D eigenvalue weighted by molar-refractivity contribution is 7.26. The van der Waals surface area contributed by atoms with E-state index in [1.54, 1.807) is 0 Å². The highest BCUT2D eigenvalue weighted by Gasteiger charge is 2.25. The number of para-hydroxylation sites is 2. The maximum Gasteiger partial charge on any atom is 0.0782 e. The van der Waals surface area contributed by atoms with E-state index in [0.717, 1.165) is 28.3 Å². The lowest BCUT2D eigenvalue weighted by Crippen LogP contribution is -2.11. The van der Waals surface area contributed by atoms with Gasteiger partial charge in [-0.05, 0) is 89.5 Å². The van der Waals surface area contributed by atoms with Crippen LogP contribution in [-0.2, 0) is 0 Å². The van der Waals surface area contributed by atoms with Gasteiger partial charge in [0.1, 0.15) is 0 Å². The molecule has 12 aromatic rings. The molecule has 0 aliphatic carbocycles. The maximum atomic E-state index is 2.51. The molecule has 0 N–H and O–H groups in total. The number of rotatable bonds is 6. The molecule has 0 saturated heterocycles. The quantitative estimate of drug-likeness (QED) is 0.163. The van der Waals surface area contributed by atoms with Gasteiger partial charge in [-0.2, -0.15) is 0 Å². The van der Waals surface area contributed by atoms with Crippen molar-refractivity contribution in [3.8, 4) is 27.9 Å². The largest absolute Gasteiger partial charge is 0.308 e. The molecule has 0 bridgehead atoms. The van der Waals surface area contributed by atoms with E-state index in [0.29, 0.717) is 0 Å². The van der Waals surface area contributed by atoms with Crippen LogP contribution in [0.3, 0.4) is 0 Å². The number of thiophene rings is 2. The van der Waals surface area contributed by atoms with Crippen LogP contribution in [0.4, 0.5) is 17.1 Å². The number of nitrogens with zero attached hydrogens (tertiary/aromatic N) is 2. The SMILES string of the molecule is c1ccc(-c2cc(-c3ccccc3)c3c(c2)c2cccc(N(c4ccc5c(c4)sc4ccccc45)c4ccc5sc6ccccc6c5c4)c2n3-c2ccccc2)cc1. The summed E-state index contributed by atoms with van der Waals surface area (Å²) in [5, 5.41) is 7.60. The second-order valence-corrected chi connectivity index (χ2v) is 17.1. The first-order chi connectivity index (χ1) is 28.8. The lowest BCUT2D eigenvalue weighted by molar-refractivity contribution is 1.17. The molecule has 0 spiro atoms. The normalized spacial score (nSPS) is 11.8. The molecular weight excluding hydrogens is 741 g/mol. The van der Waals surface area contributed by atoms with Crippen molar-refractivity contribution in [1.29, 1.82) is 0 Å². The predicted molar refractivity (Wildman–Crippen MR) is 252 cm³/mol. The van der Waals surface area contributed by atoms with Crippen LogP contribution in [-0.4, -0.2) is 4.57 Å². The van der Waals surface area contributed by atoms with Crippen LogP contribution in [0.2, 0.25) is 0 Å². The molecule has 0 radical (unpaired) electrons. The molecule has 58 heavy (non-hydrogen) atoms. The summed E-state index contributed by atoms with van der Waals surface area (Å²) in [5.74, 6) is 0. The molecule has 0 amide bonds. The standard InChI is InChI=1S/C54H34N2S2/c1-4-15-35(16-5-1)37-31-45(36-17-6-2-7-18-36)53-47(32-37)44-23-14-24-48(54(44)56(53)38-19-8-3-9-20-38)55(39-28-30-51-46(33-39)42-22-11-13-26-50(42)57-51)40-27-29-43-41-21-10-12-25-49(41)58-52(43)34-40/h1-34H.